The number of amides is 2. The van der Waals surface area contributed by atoms with Gasteiger partial charge in [-0.3, -0.25) is 9.59 Å². The van der Waals surface area contributed by atoms with E-state index in [4.69, 9.17) is 27.5 Å². The van der Waals surface area contributed by atoms with Gasteiger partial charge in [0.25, 0.3) is 11.1 Å². The summed E-state index contributed by atoms with van der Waals surface area (Å²) in [6.07, 6.45) is 6.93. The van der Waals surface area contributed by atoms with E-state index in [1.54, 1.807) is 36.4 Å². The second kappa shape index (κ2) is 9.57. The topological polar surface area (TPSA) is 55.8 Å². The van der Waals surface area contributed by atoms with Crippen LogP contribution in [-0.4, -0.2) is 24.4 Å². The second-order valence-corrected chi connectivity index (χ2v) is 8.29. The van der Waals surface area contributed by atoms with E-state index in [2.05, 4.69) is 28.5 Å². The Bertz CT molecular complexity index is 1050. The van der Waals surface area contributed by atoms with Crippen molar-refractivity contribution in [3.05, 3.63) is 55.5 Å². The Morgan fingerprint density at radius 2 is 2.03 bits per heavy atom. The number of terminal acetylenes is 1. The van der Waals surface area contributed by atoms with Crippen LogP contribution in [0, 0.1) is 15.9 Å². The van der Waals surface area contributed by atoms with E-state index in [-0.39, 0.29) is 6.61 Å². The number of nitrogens with zero attached hydrogens (tertiary/aromatic N) is 1. The molecule has 29 heavy (non-hydrogen) atoms. The number of para-hydroxylation sites is 1. The number of carbonyl (C=O) groups excluding carboxylic acids is 2. The molecular formula is C21H15ClINO4S. The van der Waals surface area contributed by atoms with Crippen molar-refractivity contribution in [2.75, 3.05) is 18.1 Å². The van der Waals surface area contributed by atoms with Crippen LogP contribution in [0.4, 0.5) is 10.5 Å². The fraction of sp³-hybridized carbons (Fsp3) is 0.143. The lowest BCUT2D eigenvalue weighted by Gasteiger charge is -2.14. The molecule has 0 atom stereocenters. The maximum absolute atomic E-state index is 12.9. The van der Waals surface area contributed by atoms with Crippen LogP contribution in [0.3, 0.4) is 0 Å². The number of hydrogen-bond donors (Lipinski definition) is 0. The van der Waals surface area contributed by atoms with Crippen LogP contribution in [-0.2, 0) is 4.79 Å². The highest BCUT2D eigenvalue weighted by Gasteiger charge is 2.37. The van der Waals surface area contributed by atoms with Crippen molar-refractivity contribution in [1.29, 1.82) is 0 Å². The zero-order chi connectivity index (χ0) is 21.0. The predicted molar refractivity (Wildman–Crippen MR) is 125 cm³/mol. The molecule has 1 heterocycles. The first-order chi connectivity index (χ1) is 14.0. The van der Waals surface area contributed by atoms with Crippen LogP contribution in [0.1, 0.15) is 12.5 Å². The number of ether oxygens (including phenoxy) is 2. The zero-order valence-electron chi connectivity index (χ0n) is 15.3. The number of thioether (sulfide) groups is 1. The molecule has 0 bridgehead atoms. The number of benzene rings is 2. The molecule has 148 valence electrons. The number of halogens is 2. The Morgan fingerprint density at radius 3 is 2.72 bits per heavy atom. The average molecular weight is 540 g/mol. The van der Waals surface area contributed by atoms with E-state index in [0.717, 1.165) is 20.2 Å². The molecule has 8 heteroatoms. The van der Waals surface area contributed by atoms with Gasteiger partial charge in [-0.25, -0.2) is 4.90 Å². The summed E-state index contributed by atoms with van der Waals surface area (Å²) in [6.45, 7) is 2.42. The van der Waals surface area contributed by atoms with Gasteiger partial charge in [0.05, 0.1) is 25.8 Å². The van der Waals surface area contributed by atoms with Crippen LogP contribution in [0.15, 0.2) is 41.3 Å². The number of imide groups is 1. The molecule has 0 aliphatic carbocycles. The van der Waals surface area contributed by atoms with Crippen LogP contribution in [0.5, 0.6) is 11.5 Å². The van der Waals surface area contributed by atoms with E-state index in [0.29, 0.717) is 39.3 Å². The Balaban J connectivity index is 1.96. The summed E-state index contributed by atoms with van der Waals surface area (Å²) >= 11 is 9.14. The fourth-order valence-electron chi connectivity index (χ4n) is 2.65. The molecule has 2 aromatic carbocycles. The average Bonchev–Trinajstić information content (AvgIpc) is 2.95. The summed E-state index contributed by atoms with van der Waals surface area (Å²) in [5, 5.41) is -0.0673. The molecule has 1 saturated heterocycles. The minimum Gasteiger partial charge on any atom is -0.490 e. The lowest BCUT2D eigenvalue weighted by atomic mass is 10.1. The van der Waals surface area contributed by atoms with Crippen molar-refractivity contribution in [3.63, 3.8) is 0 Å². The molecule has 0 saturated carbocycles. The van der Waals surface area contributed by atoms with E-state index in [1.807, 2.05) is 13.0 Å². The normalized spacial score (nSPS) is 15.0. The third kappa shape index (κ3) is 4.71. The molecule has 0 N–H and O–H groups in total. The van der Waals surface area contributed by atoms with Crippen LogP contribution in [0.2, 0.25) is 5.02 Å². The van der Waals surface area contributed by atoms with E-state index in [9.17, 15) is 9.59 Å². The summed E-state index contributed by atoms with van der Waals surface area (Å²) in [6, 6.07) is 10.3. The quantitative estimate of drug-likeness (QED) is 0.272. The smallest absolute Gasteiger partial charge is 0.298 e. The Kier molecular flexibility index (Phi) is 7.11. The van der Waals surface area contributed by atoms with Gasteiger partial charge >= 0.3 is 0 Å². The van der Waals surface area contributed by atoms with Crippen molar-refractivity contribution in [2.24, 2.45) is 0 Å². The van der Waals surface area contributed by atoms with Crippen molar-refractivity contribution >= 4 is 68.9 Å². The molecule has 3 rings (SSSR count). The maximum Gasteiger partial charge on any atom is 0.298 e. The minimum atomic E-state index is -0.422. The molecule has 1 aliphatic rings. The first-order valence-corrected chi connectivity index (χ1v) is 10.8. The van der Waals surface area contributed by atoms with Gasteiger partial charge in [-0.2, -0.15) is 0 Å². The van der Waals surface area contributed by atoms with Crippen molar-refractivity contribution < 1.29 is 19.1 Å². The van der Waals surface area contributed by atoms with Gasteiger partial charge in [-0.05, 0) is 77.2 Å². The van der Waals surface area contributed by atoms with Crippen LogP contribution < -0.4 is 14.4 Å². The van der Waals surface area contributed by atoms with Gasteiger partial charge in [-0.15, -0.1) is 6.42 Å². The van der Waals surface area contributed by atoms with Gasteiger partial charge in [0.15, 0.2) is 11.5 Å². The predicted octanol–water partition coefficient (Wildman–Crippen LogP) is 5.60. The van der Waals surface area contributed by atoms with E-state index in [1.165, 1.54) is 0 Å². The third-order valence-electron chi connectivity index (χ3n) is 3.82. The van der Waals surface area contributed by atoms with Gasteiger partial charge in [0.1, 0.15) is 6.61 Å². The number of rotatable bonds is 6. The highest BCUT2D eigenvalue weighted by molar-refractivity contribution is 14.1. The number of hydrogen-bond acceptors (Lipinski definition) is 5. The molecule has 1 aliphatic heterocycles. The first-order valence-electron chi connectivity index (χ1n) is 8.51. The summed E-state index contributed by atoms with van der Waals surface area (Å²) in [4.78, 5) is 26.7. The molecule has 0 radical (unpaired) electrons. The fourth-order valence-corrected chi connectivity index (χ4v) is 4.48. The molecule has 0 aromatic heterocycles. The minimum absolute atomic E-state index is 0.117. The third-order valence-corrected chi connectivity index (χ3v) is 5.81. The molecule has 2 aromatic rings. The second-order valence-electron chi connectivity index (χ2n) is 5.72. The van der Waals surface area contributed by atoms with Gasteiger partial charge < -0.3 is 9.47 Å². The Morgan fingerprint density at radius 1 is 1.28 bits per heavy atom. The van der Waals surface area contributed by atoms with Gasteiger partial charge in [0.2, 0.25) is 0 Å². The SMILES string of the molecule is C#CCOc1c(I)cc(/C=C2\SC(=O)N(c3ccccc3Cl)C2=O)cc1OCC. The summed E-state index contributed by atoms with van der Waals surface area (Å²) in [5.41, 5.74) is 1.07. The molecule has 5 nitrogen and oxygen atoms in total. The number of anilines is 1. The van der Waals surface area contributed by atoms with Crippen LogP contribution in [0.25, 0.3) is 6.08 Å². The highest BCUT2D eigenvalue weighted by atomic mass is 127. The lowest BCUT2D eigenvalue weighted by Crippen LogP contribution is -2.27. The summed E-state index contributed by atoms with van der Waals surface area (Å²) in [7, 11) is 0. The summed E-state index contributed by atoms with van der Waals surface area (Å²) < 4.78 is 12.0. The largest absolute Gasteiger partial charge is 0.490 e. The number of carbonyl (C=O) groups is 2. The lowest BCUT2D eigenvalue weighted by molar-refractivity contribution is -0.113. The molecule has 0 unspecified atom stereocenters. The standard InChI is InChI=1S/C21H15ClINO4S/c1-3-9-28-19-15(23)10-13(11-17(19)27-4-2)12-18-20(25)24(21(26)29-18)16-8-6-5-7-14(16)22/h1,5-8,10-12H,4,9H2,2H3/b18-12-. The first kappa shape index (κ1) is 21.6. The van der Waals surface area contributed by atoms with E-state index >= 15 is 0 Å². The zero-order valence-corrected chi connectivity index (χ0v) is 19.0. The monoisotopic (exact) mass is 539 g/mol. The maximum atomic E-state index is 12.9. The molecule has 0 spiro atoms. The Hall–Kier alpha value is -2.15. The van der Waals surface area contributed by atoms with Crippen molar-refractivity contribution in [1.82, 2.24) is 0 Å². The van der Waals surface area contributed by atoms with Crippen molar-refractivity contribution in [2.45, 2.75) is 6.92 Å². The van der Waals surface area contributed by atoms with Crippen LogP contribution >= 0.6 is 46.0 Å². The molecule has 2 amide bonds. The van der Waals surface area contributed by atoms with Gasteiger partial charge in [0, 0.05) is 0 Å². The summed E-state index contributed by atoms with van der Waals surface area (Å²) in [5.74, 6) is 3.07. The van der Waals surface area contributed by atoms with Crippen molar-refractivity contribution in [3.8, 4) is 23.8 Å². The molecule has 1 fully saturated rings. The van der Waals surface area contributed by atoms with E-state index < -0.39 is 11.1 Å². The Labute approximate surface area is 191 Å². The molecular weight excluding hydrogens is 525 g/mol. The highest BCUT2D eigenvalue weighted by Crippen LogP contribution is 2.40. The van der Waals surface area contributed by atoms with Gasteiger partial charge in [-0.1, -0.05) is 29.7 Å².